The summed E-state index contributed by atoms with van der Waals surface area (Å²) in [5.74, 6) is -0.742. The summed E-state index contributed by atoms with van der Waals surface area (Å²) in [6, 6.07) is 23.0. The highest BCUT2D eigenvalue weighted by Crippen LogP contribution is 2.26. The van der Waals surface area contributed by atoms with Crippen molar-refractivity contribution in [1.82, 2.24) is 0 Å². The topological polar surface area (TPSA) is 49.3 Å². The molecule has 0 heterocycles. The normalized spacial score (nSPS) is 13.5. The zero-order valence-corrected chi connectivity index (χ0v) is 12.9. The van der Waals surface area contributed by atoms with Crippen LogP contribution in [0.3, 0.4) is 0 Å². The number of carbonyl (C=O) groups is 1. The van der Waals surface area contributed by atoms with Gasteiger partial charge in [-0.3, -0.25) is 4.79 Å². The Kier molecular flexibility index (Phi) is 4.40. The number of carbonyl (C=O) groups excluding carboxylic acids is 1. The average Bonchev–Trinajstić information content (AvgIpc) is 2.61. The number of hydrogen-bond donors (Lipinski definition) is 2. The van der Waals surface area contributed by atoms with Crippen LogP contribution in [0.2, 0.25) is 0 Å². The fraction of sp³-hybridized carbons (Fsp3) is 0.150. The lowest BCUT2D eigenvalue weighted by Crippen LogP contribution is -2.25. The highest BCUT2D eigenvalue weighted by Gasteiger charge is 2.23. The molecule has 3 heteroatoms. The molecule has 0 saturated carbocycles. The number of amides is 1. The summed E-state index contributed by atoms with van der Waals surface area (Å²) in [5, 5.41) is 15.5. The van der Waals surface area contributed by atoms with Crippen molar-refractivity contribution in [2.45, 2.75) is 13.0 Å². The van der Waals surface area contributed by atoms with E-state index in [1.165, 1.54) is 0 Å². The van der Waals surface area contributed by atoms with Crippen molar-refractivity contribution < 1.29 is 9.90 Å². The maximum absolute atomic E-state index is 12.3. The van der Waals surface area contributed by atoms with Gasteiger partial charge < -0.3 is 10.4 Å². The molecule has 0 unspecified atom stereocenters. The molecule has 3 aromatic carbocycles. The third-order valence-electron chi connectivity index (χ3n) is 4.04. The molecule has 0 saturated heterocycles. The minimum absolute atomic E-state index is 0.197. The molecule has 0 spiro atoms. The molecule has 0 aliphatic rings. The van der Waals surface area contributed by atoms with E-state index >= 15 is 0 Å². The maximum Gasteiger partial charge on any atom is 0.230 e. The van der Waals surface area contributed by atoms with Crippen molar-refractivity contribution in [3.8, 4) is 0 Å². The number of benzene rings is 3. The van der Waals surface area contributed by atoms with Crippen molar-refractivity contribution in [2.24, 2.45) is 5.92 Å². The molecular weight excluding hydrogens is 286 g/mol. The summed E-state index contributed by atoms with van der Waals surface area (Å²) in [6.07, 6.45) is -0.844. The average molecular weight is 305 g/mol. The zero-order chi connectivity index (χ0) is 16.2. The summed E-state index contributed by atoms with van der Waals surface area (Å²) >= 11 is 0. The number of fused-ring (bicyclic) bond motifs is 1. The monoisotopic (exact) mass is 305 g/mol. The fourth-order valence-electron chi connectivity index (χ4n) is 2.60. The minimum Gasteiger partial charge on any atom is -0.388 e. The van der Waals surface area contributed by atoms with Gasteiger partial charge in [0.15, 0.2) is 0 Å². The van der Waals surface area contributed by atoms with E-state index in [9.17, 15) is 9.90 Å². The smallest absolute Gasteiger partial charge is 0.230 e. The Morgan fingerprint density at radius 1 is 0.913 bits per heavy atom. The van der Waals surface area contributed by atoms with Gasteiger partial charge in [-0.25, -0.2) is 0 Å². The zero-order valence-electron chi connectivity index (χ0n) is 12.9. The van der Waals surface area contributed by atoms with Crippen molar-refractivity contribution >= 4 is 22.4 Å². The van der Waals surface area contributed by atoms with Crippen LogP contribution in [0, 0.1) is 5.92 Å². The van der Waals surface area contributed by atoms with E-state index in [2.05, 4.69) is 5.32 Å². The van der Waals surface area contributed by atoms with E-state index in [1.807, 2.05) is 72.8 Å². The van der Waals surface area contributed by atoms with Crippen LogP contribution >= 0.6 is 0 Å². The standard InChI is InChI=1S/C20H19NO2/c1-14(20(23)21-18-9-3-2-4-10-18)19(22)17-12-11-15-7-5-6-8-16(15)13-17/h2-14,19,22H,1H3,(H,21,23)/t14-,19+/m0/s1. The molecular formula is C20H19NO2. The van der Waals surface area contributed by atoms with Crippen molar-refractivity contribution in [3.63, 3.8) is 0 Å². The lowest BCUT2D eigenvalue weighted by molar-refractivity contribution is -0.122. The first-order valence-corrected chi connectivity index (χ1v) is 7.68. The quantitative estimate of drug-likeness (QED) is 0.761. The molecule has 116 valence electrons. The predicted molar refractivity (Wildman–Crippen MR) is 93.1 cm³/mol. The fourth-order valence-corrected chi connectivity index (χ4v) is 2.60. The number of hydrogen-bond acceptors (Lipinski definition) is 2. The van der Waals surface area contributed by atoms with Crippen LogP contribution in [0.15, 0.2) is 72.8 Å². The van der Waals surface area contributed by atoms with E-state index < -0.39 is 12.0 Å². The molecule has 0 fully saturated rings. The van der Waals surface area contributed by atoms with Crippen LogP contribution in [-0.4, -0.2) is 11.0 Å². The van der Waals surface area contributed by atoms with Crippen LogP contribution in [0.25, 0.3) is 10.8 Å². The number of aliphatic hydroxyl groups excluding tert-OH is 1. The lowest BCUT2D eigenvalue weighted by Gasteiger charge is -2.19. The summed E-state index contributed by atoms with van der Waals surface area (Å²) in [6.45, 7) is 1.73. The number of rotatable bonds is 4. The van der Waals surface area contributed by atoms with Crippen LogP contribution < -0.4 is 5.32 Å². The van der Waals surface area contributed by atoms with E-state index in [-0.39, 0.29) is 5.91 Å². The molecule has 3 rings (SSSR count). The van der Waals surface area contributed by atoms with E-state index in [0.29, 0.717) is 0 Å². The van der Waals surface area contributed by atoms with Gasteiger partial charge in [-0.1, -0.05) is 61.5 Å². The first kappa shape index (κ1) is 15.3. The van der Waals surface area contributed by atoms with Gasteiger partial charge in [-0.15, -0.1) is 0 Å². The number of nitrogens with one attached hydrogen (secondary N) is 1. The lowest BCUT2D eigenvalue weighted by atomic mass is 9.94. The van der Waals surface area contributed by atoms with E-state index in [0.717, 1.165) is 22.0 Å². The van der Waals surface area contributed by atoms with Gasteiger partial charge in [0.2, 0.25) is 5.91 Å². The molecule has 3 aromatic rings. The third-order valence-corrected chi connectivity index (χ3v) is 4.04. The number of para-hydroxylation sites is 1. The first-order valence-electron chi connectivity index (χ1n) is 7.68. The Labute approximate surface area is 135 Å². The highest BCUT2D eigenvalue weighted by atomic mass is 16.3. The molecule has 0 bridgehead atoms. The SMILES string of the molecule is C[C@H](C(=O)Nc1ccccc1)[C@@H](O)c1ccc2ccccc2c1. The molecule has 0 aliphatic heterocycles. The molecule has 1 amide bonds. The predicted octanol–water partition coefficient (Wildman–Crippen LogP) is 4.15. The van der Waals surface area contributed by atoms with Gasteiger partial charge >= 0.3 is 0 Å². The van der Waals surface area contributed by atoms with Crippen LogP contribution in [0.1, 0.15) is 18.6 Å². The molecule has 0 radical (unpaired) electrons. The Balaban J connectivity index is 1.77. The Morgan fingerprint density at radius 3 is 2.30 bits per heavy atom. The van der Waals surface area contributed by atoms with Crippen molar-refractivity contribution in [1.29, 1.82) is 0 Å². The van der Waals surface area contributed by atoms with Crippen LogP contribution in [-0.2, 0) is 4.79 Å². The Morgan fingerprint density at radius 2 is 1.57 bits per heavy atom. The first-order chi connectivity index (χ1) is 11.1. The Bertz CT molecular complexity index is 814. The molecule has 23 heavy (non-hydrogen) atoms. The molecule has 2 N–H and O–H groups in total. The van der Waals surface area contributed by atoms with Gasteiger partial charge in [0, 0.05) is 5.69 Å². The second-order valence-corrected chi connectivity index (χ2v) is 5.70. The molecule has 2 atom stereocenters. The second-order valence-electron chi connectivity index (χ2n) is 5.70. The van der Waals surface area contributed by atoms with Crippen LogP contribution in [0.5, 0.6) is 0 Å². The number of anilines is 1. The van der Waals surface area contributed by atoms with Gasteiger partial charge in [-0.2, -0.15) is 0 Å². The molecule has 0 aromatic heterocycles. The summed E-state index contributed by atoms with van der Waals surface area (Å²) < 4.78 is 0. The van der Waals surface area contributed by atoms with Gasteiger partial charge in [0.1, 0.15) is 0 Å². The van der Waals surface area contributed by atoms with Crippen molar-refractivity contribution in [2.75, 3.05) is 5.32 Å². The molecule has 3 nitrogen and oxygen atoms in total. The largest absolute Gasteiger partial charge is 0.388 e. The van der Waals surface area contributed by atoms with Gasteiger partial charge in [0.05, 0.1) is 12.0 Å². The minimum atomic E-state index is -0.844. The summed E-state index contributed by atoms with van der Waals surface area (Å²) in [4.78, 5) is 12.3. The number of aliphatic hydroxyl groups is 1. The van der Waals surface area contributed by atoms with E-state index in [1.54, 1.807) is 6.92 Å². The van der Waals surface area contributed by atoms with Gasteiger partial charge in [-0.05, 0) is 34.5 Å². The third kappa shape index (κ3) is 3.41. The molecule has 0 aliphatic carbocycles. The second kappa shape index (κ2) is 6.63. The van der Waals surface area contributed by atoms with E-state index in [4.69, 9.17) is 0 Å². The summed E-state index contributed by atoms with van der Waals surface area (Å²) in [7, 11) is 0. The van der Waals surface area contributed by atoms with Crippen LogP contribution in [0.4, 0.5) is 5.69 Å². The highest BCUT2D eigenvalue weighted by molar-refractivity contribution is 5.93. The van der Waals surface area contributed by atoms with Gasteiger partial charge in [0.25, 0.3) is 0 Å². The van der Waals surface area contributed by atoms with Crippen molar-refractivity contribution in [3.05, 3.63) is 78.4 Å². The maximum atomic E-state index is 12.3. The summed E-state index contributed by atoms with van der Waals surface area (Å²) in [5.41, 5.74) is 1.48. The Hall–Kier alpha value is -2.65.